The summed E-state index contributed by atoms with van der Waals surface area (Å²) < 4.78 is 6.71. The largest absolute Gasteiger partial charge is 0.465 e. The Hall–Kier alpha value is -3.15. The summed E-state index contributed by atoms with van der Waals surface area (Å²) >= 11 is 4.05. The highest BCUT2D eigenvalue weighted by molar-refractivity contribution is 7.99. The highest BCUT2D eigenvalue weighted by atomic mass is 32.2. The summed E-state index contributed by atoms with van der Waals surface area (Å²) in [5.41, 5.74) is 1.45. The Labute approximate surface area is 209 Å². The van der Waals surface area contributed by atoms with E-state index in [0.717, 1.165) is 27.7 Å². The SMILES string of the molecule is COC(=O)c1sc(NC(=O)CSc2nnc(CSc3ccccc3)n2-c2ccccc2)nc1C. The number of ether oxygens (including phenoxy) is 1. The predicted molar refractivity (Wildman–Crippen MR) is 135 cm³/mol. The van der Waals surface area contributed by atoms with Gasteiger partial charge in [0.25, 0.3) is 0 Å². The number of esters is 1. The van der Waals surface area contributed by atoms with Gasteiger partial charge in [-0.2, -0.15) is 0 Å². The van der Waals surface area contributed by atoms with E-state index in [-0.39, 0.29) is 11.7 Å². The maximum atomic E-state index is 12.6. The van der Waals surface area contributed by atoms with Gasteiger partial charge in [0.1, 0.15) is 10.7 Å². The van der Waals surface area contributed by atoms with Crippen LogP contribution in [-0.2, 0) is 15.3 Å². The molecule has 2 heterocycles. The van der Waals surface area contributed by atoms with Gasteiger partial charge in [0.2, 0.25) is 5.91 Å². The molecule has 1 N–H and O–H groups in total. The second-order valence-electron chi connectivity index (χ2n) is 6.93. The van der Waals surface area contributed by atoms with Gasteiger partial charge >= 0.3 is 5.97 Å². The van der Waals surface area contributed by atoms with Crippen LogP contribution < -0.4 is 5.32 Å². The molecule has 4 rings (SSSR count). The Morgan fingerprint density at radius 3 is 2.44 bits per heavy atom. The number of aryl methyl sites for hydroxylation is 1. The van der Waals surface area contributed by atoms with Gasteiger partial charge in [-0.15, -0.1) is 22.0 Å². The maximum Gasteiger partial charge on any atom is 0.350 e. The van der Waals surface area contributed by atoms with Gasteiger partial charge in [-0.05, 0) is 31.2 Å². The monoisotopic (exact) mass is 511 g/mol. The fourth-order valence-electron chi connectivity index (χ4n) is 3.01. The number of amides is 1. The summed E-state index contributed by atoms with van der Waals surface area (Å²) in [7, 11) is 1.31. The van der Waals surface area contributed by atoms with Crippen LogP contribution >= 0.6 is 34.9 Å². The lowest BCUT2D eigenvalue weighted by atomic mass is 10.3. The van der Waals surface area contributed by atoms with Gasteiger partial charge < -0.3 is 10.1 Å². The number of nitrogens with zero attached hydrogens (tertiary/aromatic N) is 4. The zero-order valence-electron chi connectivity index (χ0n) is 18.4. The van der Waals surface area contributed by atoms with Crippen molar-refractivity contribution in [1.29, 1.82) is 0 Å². The fraction of sp³-hybridized carbons (Fsp3) is 0.174. The number of rotatable bonds is 9. The van der Waals surface area contributed by atoms with Crippen molar-refractivity contribution in [3.63, 3.8) is 0 Å². The van der Waals surface area contributed by atoms with Gasteiger partial charge in [0.15, 0.2) is 10.3 Å². The molecule has 174 valence electrons. The maximum absolute atomic E-state index is 12.6. The van der Waals surface area contributed by atoms with Gasteiger partial charge in [-0.1, -0.05) is 59.5 Å². The Balaban J connectivity index is 1.46. The number of hydrogen-bond acceptors (Lipinski definition) is 9. The molecule has 0 saturated carbocycles. The number of carbonyl (C=O) groups is 2. The summed E-state index contributed by atoms with van der Waals surface area (Å²) in [5, 5.41) is 12.5. The normalized spacial score (nSPS) is 10.8. The third-order valence-electron chi connectivity index (χ3n) is 4.57. The van der Waals surface area contributed by atoms with Crippen LogP contribution in [0.15, 0.2) is 70.7 Å². The summed E-state index contributed by atoms with van der Waals surface area (Å²) in [6.45, 7) is 1.70. The number of hydrogen-bond donors (Lipinski definition) is 1. The number of anilines is 1. The molecule has 0 saturated heterocycles. The second kappa shape index (κ2) is 11.3. The zero-order chi connectivity index (χ0) is 23.9. The van der Waals surface area contributed by atoms with Crippen molar-refractivity contribution in [2.24, 2.45) is 0 Å². The van der Waals surface area contributed by atoms with E-state index >= 15 is 0 Å². The fourth-order valence-corrected chi connectivity index (χ4v) is 5.51. The molecule has 2 aromatic carbocycles. The van der Waals surface area contributed by atoms with Crippen molar-refractivity contribution < 1.29 is 14.3 Å². The van der Waals surface area contributed by atoms with E-state index in [2.05, 4.69) is 32.6 Å². The quantitative estimate of drug-likeness (QED) is 0.252. The Morgan fingerprint density at radius 1 is 1.03 bits per heavy atom. The lowest BCUT2D eigenvalue weighted by Crippen LogP contribution is -2.14. The molecule has 0 aliphatic carbocycles. The first kappa shape index (κ1) is 24.0. The third-order valence-corrected chi connectivity index (χ3v) is 7.56. The first-order chi connectivity index (χ1) is 16.5. The van der Waals surface area contributed by atoms with Crippen molar-refractivity contribution >= 4 is 51.9 Å². The minimum absolute atomic E-state index is 0.114. The molecule has 0 aliphatic heterocycles. The Morgan fingerprint density at radius 2 is 1.74 bits per heavy atom. The van der Waals surface area contributed by atoms with Crippen LogP contribution in [0.25, 0.3) is 5.69 Å². The average Bonchev–Trinajstić information content (AvgIpc) is 3.44. The predicted octanol–water partition coefficient (Wildman–Crippen LogP) is 4.84. The highest BCUT2D eigenvalue weighted by Gasteiger charge is 2.19. The summed E-state index contributed by atoms with van der Waals surface area (Å²) in [4.78, 5) is 30.1. The molecule has 34 heavy (non-hydrogen) atoms. The highest BCUT2D eigenvalue weighted by Crippen LogP contribution is 2.28. The van der Waals surface area contributed by atoms with Gasteiger partial charge in [0.05, 0.1) is 24.3 Å². The molecular weight excluding hydrogens is 490 g/mol. The molecule has 11 heteroatoms. The van der Waals surface area contributed by atoms with Crippen molar-refractivity contribution in [3.8, 4) is 5.69 Å². The van der Waals surface area contributed by atoms with Crippen molar-refractivity contribution in [2.75, 3.05) is 18.2 Å². The number of methoxy groups -OCH3 is 1. The number of nitrogens with one attached hydrogen (secondary N) is 1. The van der Waals surface area contributed by atoms with Crippen LogP contribution in [0.3, 0.4) is 0 Å². The van der Waals surface area contributed by atoms with Crippen LogP contribution in [-0.4, -0.2) is 44.5 Å². The minimum atomic E-state index is -0.471. The summed E-state index contributed by atoms with van der Waals surface area (Å²) in [6.07, 6.45) is 0. The molecule has 2 aromatic heterocycles. The lowest BCUT2D eigenvalue weighted by Gasteiger charge is -2.10. The molecule has 4 aromatic rings. The van der Waals surface area contributed by atoms with Crippen LogP contribution in [0, 0.1) is 6.92 Å². The number of benzene rings is 2. The minimum Gasteiger partial charge on any atom is -0.465 e. The first-order valence-corrected chi connectivity index (χ1v) is 13.0. The zero-order valence-corrected chi connectivity index (χ0v) is 20.9. The van der Waals surface area contributed by atoms with Gasteiger partial charge in [-0.3, -0.25) is 9.36 Å². The van der Waals surface area contributed by atoms with E-state index in [9.17, 15) is 9.59 Å². The van der Waals surface area contributed by atoms with Crippen LogP contribution in [0.4, 0.5) is 5.13 Å². The molecule has 0 spiro atoms. The van der Waals surface area contributed by atoms with Crippen LogP contribution in [0.1, 0.15) is 21.2 Å². The smallest absolute Gasteiger partial charge is 0.350 e. The number of thiazole rings is 1. The molecular formula is C23H21N5O3S3. The van der Waals surface area contributed by atoms with Crippen molar-refractivity contribution in [2.45, 2.75) is 22.7 Å². The van der Waals surface area contributed by atoms with Crippen LogP contribution in [0.2, 0.25) is 0 Å². The molecule has 0 bridgehead atoms. The molecule has 0 aliphatic rings. The topological polar surface area (TPSA) is 99.0 Å². The standard InChI is InChI=1S/C23H21N5O3S3/c1-15-20(21(30)31-2)34-22(24-15)25-19(29)14-33-23-27-26-18(13-32-17-11-7-4-8-12-17)28(23)16-9-5-3-6-10-16/h3-12H,13-14H2,1-2H3,(H,24,25,29). The number of carbonyl (C=O) groups excluding carboxylic acids is 2. The van der Waals surface area contributed by atoms with E-state index in [1.807, 2.05) is 53.1 Å². The Bertz CT molecular complexity index is 1280. The van der Waals surface area contributed by atoms with E-state index in [4.69, 9.17) is 4.74 Å². The summed E-state index contributed by atoms with van der Waals surface area (Å²) in [5.74, 6) is 0.817. The first-order valence-electron chi connectivity index (χ1n) is 10.2. The van der Waals surface area contributed by atoms with Gasteiger partial charge in [-0.25, -0.2) is 9.78 Å². The van der Waals surface area contributed by atoms with Crippen molar-refractivity contribution in [1.82, 2.24) is 19.7 Å². The van der Waals surface area contributed by atoms with Crippen molar-refractivity contribution in [3.05, 3.63) is 77.1 Å². The molecule has 0 radical (unpaired) electrons. The van der Waals surface area contributed by atoms with E-state index in [1.165, 1.54) is 18.9 Å². The molecule has 0 fully saturated rings. The second-order valence-corrected chi connectivity index (χ2v) is 9.92. The number of aromatic nitrogens is 4. The molecule has 1 amide bonds. The summed E-state index contributed by atoms with van der Waals surface area (Å²) in [6, 6.07) is 19.9. The van der Waals surface area contributed by atoms with E-state index < -0.39 is 5.97 Å². The lowest BCUT2D eigenvalue weighted by molar-refractivity contribution is -0.113. The molecule has 0 atom stereocenters. The number of thioether (sulfide) groups is 2. The van der Waals surface area contributed by atoms with E-state index in [0.29, 0.717) is 26.6 Å². The average molecular weight is 512 g/mol. The van der Waals surface area contributed by atoms with Crippen LogP contribution in [0.5, 0.6) is 0 Å². The van der Waals surface area contributed by atoms with E-state index in [1.54, 1.807) is 18.7 Å². The molecule has 0 unspecified atom stereocenters. The third kappa shape index (κ3) is 5.85. The van der Waals surface area contributed by atoms with Gasteiger partial charge in [0, 0.05) is 10.6 Å². The Kier molecular flexibility index (Phi) is 7.99. The molecule has 8 nitrogen and oxygen atoms in total. The number of para-hydroxylation sites is 1.